The van der Waals surface area contributed by atoms with Gasteiger partial charge in [-0.2, -0.15) is 0 Å². The van der Waals surface area contributed by atoms with Crippen LogP contribution in [0.3, 0.4) is 0 Å². The summed E-state index contributed by atoms with van der Waals surface area (Å²) in [5.74, 6) is -0.873. The van der Waals surface area contributed by atoms with E-state index < -0.39 is 30.2 Å². The van der Waals surface area contributed by atoms with Crippen LogP contribution in [0.25, 0.3) is 0 Å². The summed E-state index contributed by atoms with van der Waals surface area (Å²) < 4.78 is 5.18. The average molecular weight is 380 g/mol. The summed E-state index contributed by atoms with van der Waals surface area (Å²) in [5, 5.41) is 2.82. The van der Waals surface area contributed by atoms with Crippen molar-refractivity contribution in [1.82, 2.24) is 10.2 Å². The number of carbonyl (C=O) groups excluding carboxylic acids is 3. The van der Waals surface area contributed by atoms with E-state index in [1.807, 2.05) is 43.3 Å². The van der Waals surface area contributed by atoms with Crippen LogP contribution in [0.1, 0.15) is 43.7 Å². The highest BCUT2D eigenvalue weighted by molar-refractivity contribution is 6.09. The molecule has 146 valence electrons. The van der Waals surface area contributed by atoms with Crippen molar-refractivity contribution in [1.29, 1.82) is 0 Å². The van der Waals surface area contributed by atoms with Gasteiger partial charge < -0.3 is 10.1 Å². The van der Waals surface area contributed by atoms with Gasteiger partial charge in [0.25, 0.3) is 5.91 Å². The number of rotatable bonds is 8. The lowest BCUT2D eigenvalue weighted by Crippen LogP contribution is -2.45. The number of esters is 1. The van der Waals surface area contributed by atoms with Crippen molar-refractivity contribution in [3.05, 3.63) is 71.8 Å². The molecule has 3 amide bonds. The van der Waals surface area contributed by atoms with Crippen molar-refractivity contribution in [3.63, 3.8) is 0 Å². The maximum atomic E-state index is 13.4. The molecule has 0 spiro atoms. The molecule has 0 radical (unpaired) electrons. The number of ether oxygens (including phenoxy) is 1. The van der Waals surface area contributed by atoms with Crippen LogP contribution in [0.15, 0.2) is 60.7 Å². The highest BCUT2D eigenvalue weighted by Gasteiger charge is 2.53. The lowest BCUT2D eigenvalue weighted by molar-refractivity contribution is -0.150. The molecule has 0 bridgehead atoms. The van der Waals surface area contributed by atoms with E-state index in [1.165, 1.54) is 0 Å². The second-order valence-corrected chi connectivity index (χ2v) is 6.75. The van der Waals surface area contributed by atoms with Gasteiger partial charge in [0, 0.05) is 6.42 Å². The van der Waals surface area contributed by atoms with Crippen LogP contribution >= 0.6 is 0 Å². The summed E-state index contributed by atoms with van der Waals surface area (Å²) in [4.78, 5) is 38.8. The number of unbranched alkanes of at least 4 members (excludes halogenated alkanes) is 2. The van der Waals surface area contributed by atoms with Crippen molar-refractivity contribution in [2.24, 2.45) is 0 Å². The molecule has 3 rings (SSSR count). The van der Waals surface area contributed by atoms with Crippen molar-refractivity contribution < 1.29 is 19.1 Å². The van der Waals surface area contributed by atoms with Crippen molar-refractivity contribution in [2.45, 2.75) is 38.1 Å². The number of nitrogens with zero attached hydrogens (tertiary/aromatic N) is 1. The Morgan fingerprint density at radius 3 is 2.07 bits per heavy atom. The summed E-state index contributed by atoms with van der Waals surface area (Å²) in [5.41, 5.74) is -0.0403. The topological polar surface area (TPSA) is 75.7 Å². The fourth-order valence-corrected chi connectivity index (χ4v) is 3.36. The van der Waals surface area contributed by atoms with Crippen molar-refractivity contribution in [2.75, 3.05) is 6.73 Å². The maximum Gasteiger partial charge on any atom is 0.328 e. The van der Waals surface area contributed by atoms with E-state index in [0.717, 1.165) is 24.2 Å². The van der Waals surface area contributed by atoms with Crippen LogP contribution in [0.2, 0.25) is 0 Å². The van der Waals surface area contributed by atoms with E-state index in [2.05, 4.69) is 5.32 Å². The first-order valence-corrected chi connectivity index (χ1v) is 9.50. The van der Waals surface area contributed by atoms with Gasteiger partial charge in [-0.25, -0.2) is 9.69 Å². The Morgan fingerprint density at radius 1 is 0.964 bits per heavy atom. The number of urea groups is 1. The normalized spacial score (nSPS) is 15.4. The molecule has 1 N–H and O–H groups in total. The molecule has 1 heterocycles. The first-order valence-electron chi connectivity index (χ1n) is 9.50. The Hall–Kier alpha value is -3.15. The summed E-state index contributed by atoms with van der Waals surface area (Å²) in [6.45, 7) is 1.66. The number of benzene rings is 2. The quantitative estimate of drug-likeness (QED) is 0.432. The Bertz CT molecular complexity index is 797. The molecule has 0 unspecified atom stereocenters. The second kappa shape index (κ2) is 8.69. The molecule has 6 heteroatoms. The minimum absolute atomic E-state index is 0.278. The zero-order valence-electron chi connectivity index (χ0n) is 15.9. The molecular formula is C22H24N2O4. The Kier molecular flexibility index (Phi) is 6.09. The predicted octanol–water partition coefficient (Wildman–Crippen LogP) is 3.56. The van der Waals surface area contributed by atoms with Gasteiger partial charge >= 0.3 is 12.0 Å². The molecule has 1 aliphatic rings. The maximum absolute atomic E-state index is 13.4. The summed E-state index contributed by atoms with van der Waals surface area (Å²) in [6, 6.07) is 17.6. The van der Waals surface area contributed by atoms with Crippen LogP contribution in [-0.2, 0) is 19.9 Å². The van der Waals surface area contributed by atoms with E-state index >= 15 is 0 Å². The van der Waals surface area contributed by atoms with Crippen LogP contribution in [0, 0.1) is 0 Å². The van der Waals surface area contributed by atoms with Gasteiger partial charge in [0.15, 0.2) is 12.3 Å². The first kappa shape index (κ1) is 19.6. The van der Waals surface area contributed by atoms with Gasteiger partial charge in [0.1, 0.15) is 0 Å². The highest BCUT2D eigenvalue weighted by atomic mass is 16.5. The highest BCUT2D eigenvalue weighted by Crippen LogP contribution is 2.35. The lowest BCUT2D eigenvalue weighted by Gasteiger charge is -2.27. The van der Waals surface area contributed by atoms with Gasteiger partial charge in [0.05, 0.1) is 0 Å². The molecule has 6 nitrogen and oxygen atoms in total. The molecule has 0 saturated carbocycles. The molecule has 28 heavy (non-hydrogen) atoms. The predicted molar refractivity (Wildman–Crippen MR) is 104 cm³/mol. The average Bonchev–Trinajstić information content (AvgIpc) is 2.99. The third-order valence-electron chi connectivity index (χ3n) is 4.86. The minimum atomic E-state index is -1.34. The zero-order valence-corrected chi connectivity index (χ0v) is 15.9. The van der Waals surface area contributed by atoms with Crippen LogP contribution in [-0.4, -0.2) is 29.5 Å². The third kappa shape index (κ3) is 3.76. The van der Waals surface area contributed by atoms with Gasteiger partial charge in [-0.05, 0) is 17.5 Å². The van der Waals surface area contributed by atoms with Gasteiger partial charge in [-0.15, -0.1) is 0 Å². The van der Waals surface area contributed by atoms with E-state index in [9.17, 15) is 14.4 Å². The lowest BCUT2D eigenvalue weighted by atomic mass is 9.83. The zero-order chi connectivity index (χ0) is 20.0. The standard InChI is InChI=1S/C22H24N2O4/c1-2-3-6-15-19(25)28-16-24-20(26)22(23-21(24)27,17-11-7-4-8-12-17)18-13-9-5-10-14-18/h4-5,7-14H,2-3,6,15-16H2,1H3,(H,23,27). The molecule has 0 aliphatic carbocycles. The van der Waals surface area contributed by atoms with Gasteiger partial charge in [0.2, 0.25) is 0 Å². The number of carbonyl (C=O) groups is 3. The van der Waals surface area contributed by atoms with Gasteiger partial charge in [-0.1, -0.05) is 80.4 Å². The number of nitrogens with one attached hydrogen (secondary N) is 1. The van der Waals surface area contributed by atoms with Crippen LogP contribution in [0.5, 0.6) is 0 Å². The second-order valence-electron chi connectivity index (χ2n) is 6.75. The SMILES string of the molecule is CCCCCC(=O)OCN1C(=O)NC(c2ccccc2)(c2ccccc2)C1=O. The smallest absolute Gasteiger partial charge is 0.328 e. The molecule has 1 fully saturated rings. The number of amides is 3. The Morgan fingerprint density at radius 2 is 1.54 bits per heavy atom. The molecule has 2 aromatic rings. The molecule has 0 atom stereocenters. The first-order chi connectivity index (χ1) is 13.6. The van der Waals surface area contributed by atoms with E-state index in [-0.39, 0.29) is 6.42 Å². The molecule has 0 aromatic heterocycles. The number of hydrogen-bond donors (Lipinski definition) is 1. The molecule has 2 aromatic carbocycles. The number of hydrogen-bond acceptors (Lipinski definition) is 4. The molecule has 1 saturated heterocycles. The molecule has 1 aliphatic heterocycles. The number of imide groups is 1. The van der Waals surface area contributed by atoms with Gasteiger partial charge in [-0.3, -0.25) is 9.59 Å². The molecular weight excluding hydrogens is 356 g/mol. The summed E-state index contributed by atoms with van der Waals surface area (Å²) in [6.07, 6.45) is 2.94. The van der Waals surface area contributed by atoms with Crippen LogP contribution < -0.4 is 5.32 Å². The fourth-order valence-electron chi connectivity index (χ4n) is 3.36. The van der Waals surface area contributed by atoms with E-state index in [4.69, 9.17) is 4.74 Å². The Balaban J connectivity index is 1.84. The van der Waals surface area contributed by atoms with E-state index in [1.54, 1.807) is 24.3 Å². The Labute approximate surface area is 164 Å². The third-order valence-corrected chi connectivity index (χ3v) is 4.86. The minimum Gasteiger partial charge on any atom is -0.444 e. The van der Waals surface area contributed by atoms with E-state index in [0.29, 0.717) is 11.1 Å². The summed E-state index contributed by atoms with van der Waals surface area (Å²) >= 11 is 0. The fraction of sp³-hybridized carbons (Fsp3) is 0.318. The van der Waals surface area contributed by atoms with Crippen molar-refractivity contribution >= 4 is 17.9 Å². The van der Waals surface area contributed by atoms with Crippen molar-refractivity contribution in [3.8, 4) is 0 Å². The summed E-state index contributed by atoms with van der Waals surface area (Å²) in [7, 11) is 0. The largest absolute Gasteiger partial charge is 0.444 e. The van der Waals surface area contributed by atoms with Crippen LogP contribution in [0.4, 0.5) is 4.79 Å². The monoisotopic (exact) mass is 380 g/mol.